The van der Waals surface area contributed by atoms with Crippen molar-refractivity contribution in [1.82, 2.24) is 0 Å². The maximum atomic E-state index is 12.1. The van der Waals surface area contributed by atoms with Gasteiger partial charge < -0.3 is 0 Å². The Morgan fingerprint density at radius 1 is 1.28 bits per heavy atom. The molecule has 3 nitrogen and oxygen atoms in total. The third kappa shape index (κ3) is 5.31. The Morgan fingerprint density at radius 3 is 1.94 bits per heavy atom. The van der Waals surface area contributed by atoms with Crippen LogP contribution < -0.4 is 0 Å². The van der Waals surface area contributed by atoms with Crippen LogP contribution in [0.1, 0.15) is 27.7 Å². The molecule has 1 N–H and O–H groups in total. The molecule has 0 heterocycles. The molecule has 0 unspecified atom stereocenters. The van der Waals surface area contributed by atoms with E-state index in [2.05, 4.69) is 20.9 Å². The minimum atomic E-state index is -2.41. The van der Waals surface area contributed by atoms with Gasteiger partial charge in [-0.25, -0.2) is 0 Å². The van der Waals surface area contributed by atoms with Crippen molar-refractivity contribution in [3.63, 3.8) is 0 Å². The standard InChI is InChI=1S/C11H19O3.3CH3.Sn/c1-8(2)6-7-9(10(12)14-5)11(3,4)13;;;;/h6-7,9,13H,1-5H3;3*1H3;/t9-;;;;/m1..../s1. The van der Waals surface area contributed by atoms with E-state index in [1.54, 1.807) is 13.8 Å². The SMILES string of the molecule is COC(=O)[C@@H]([C@@H](C=C(C)C)[Sn]([CH3])([CH3])[CH3])C(C)(C)O. The van der Waals surface area contributed by atoms with Gasteiger partial charge in [0.05, 0.1) is 0 Å². The van der Waals surface area contributed by atoms with Crippen LogP contribution in [0, 0.1) is 5.92 Å². The second kappa shape index (κ2) is 6.42. The van der Waals surface area contributed by atoms with E-state index in [0.29, 0.717) is 0 Å². The van der Waals surface area contributed by atoms with Crippen LogP contribution in [-0.4, -0.2) is 42.2 Å². The van der Waals surface area contributed by atoms with Crippen molar-refractivity contribution in [1.29, 1.82) is 0 Å². The second-order valence-electron chi connectivity index (χ2n) is 6.79. The molecule has 0 saturated heterocycles. The third-order valence-corrected chi connectivity index (χ3v) is 10.2. The molecule has 0 bridgehead atoms. The van der Waals surface area contributed by atoms with E-state index in [-0.39, 0.29) is 9.90 Å². The Morgan fingerprint density at radius 2 is 1.72 bits per heavy atom. The average molecular weight is 363 g/mol. The van der Waals surface area contributed by atoms with E-state index >= 15 is 0 Å². The Kier molecular flexibility index (Phi) is 6.41. The Bertz CT molecular complexity index is 317. The van der Waals surface area contributed by atoms with Gasteiger partial charge in [0.2, 0.25) is 0 Å². The van der Waals surface area contributed by atoms with E-state index in [1.807, 2.05) is 13.8 Å². The normalized spacial score (nSPS) is 15.8. The van der Waals surface area contributed by atoms with Crippen LogP contribution in [0.25, 0.3) is 0 Å². The van der Waals surface area contributed by atoms with E-state index < -0.39 is 29.9 Å². The number of methoxy groups -OCH3 is 1. The molecule has 18 heavy (non-hydrogen) atoms. The molecular weight excluding hydrogens is 335 g/mol. The maximum absolute atomic E-state index is 12.1. The molecule has 0 radical (unpaired) electrons. The number of allylic oxidation sites excluding steroid dienone is 2. The molecule has 0 spiro atoms. The third-order valence-electron chi connectivity index (χ3n) is 3.09. The van der Waals surface area contributed by atoms with Gasteiger partial charge in [0.1, 0.15) is 0 Å². The van der Waals surface area contributed by atoms with Gasteiger partial charge in [-0.15, -0.1) is 0 Å². The van der Waals surface area contributed by atoms with Crippen LogP contribution in [0.5, 0.6) is 0 Å². The molecule has 0 aromatic rings. The monoisotopic (exact) mass is 364 g/mol. The molecule has 0 aliphatic carbocycles. The fourth-order valence-electron chi connectivity index (χ4n) is 2.21. The van der Waals surface area contributed by atoms with Crippen LogP contribution in [0.2, 0.25) is 18.8 Å². The van der Waals surface area contributed by atoms with Gasteiger partial charge in [0, 0.05) is 0 Å². The van der Waals surface area contributed by atoms with Gasteiger partial charge in [-0.2, -0.15) is 0 Å². The van der Waals surface area contributed by atoms with Gasteiger partial charge in [-0.05, 0) is 0 Å². The number of rotatable bonds is 5. The van der Waals surface area contributed by atoms with E-state index in [1.165, 1.54) is 12.7 Å². The van der Waals surface area contributed by atoms with Crippen molar-refractivity contribution in [2.75, 3.05) is 7.11 Å². The molecule has 0 fully saturated rings. The molecule has 0 aliphatic heterocycles. The molecule has 0 aliphatic rings. The van der Waals surface area contributed by atoms with Crippen molar-refractivity contribution in [3.8, 4) is 0 Å². The van der Waals surface area contributed by atoms with Crippen LogP contribution in [-0.2, 0) is 9.53 Å². The Labute approximate surface area is 115 Å². The van der Waals surface area contributed by atoms with Crippen molar-refractivity contribution in [2.45, 2.75) is 52.0 Å². The van der Waals surface area contributed by atoms with Crippen molar-refractivity contribution in [2.24, 2.45) is 5.92 Å². The topological polar surface area (TPSA) is 46.5 Å². The number of hydrogen-bond acceptors (Lipinski definition) is 3. The fraction of sp³-hybridized carbons (Fsp3) is 0.786. The average Bonchev–Trinajstić information content (AvgIpc) is 2.12. The van der Waals surface area contributed by atoms with Gasteiger partial charge in [0.25, 0.3) is 0 Å². The number of esters is 1. The molecule has 106 valence electrons. The second-order valence-corrected chi connectivity index (χ2v) is 22.2. The van der Waals surface area contributed by atoms with Crippen LogP contribution in [0.4, 0.5) is 0 Å². The summed E-state index contributed by atoms with van der Waals surface area (Å²) < 4.78 is 5.04. The molecule has 0 saturated carbocycles. The van der Waals surface area contributed by atoms with Crippen LogP contribution in [0.15, 0.2) is 11.6 Å². The Balaban J connectivity index is 5.65. The van der Waals surface area contributed by atoms with Gasteiger partial charge in [-0.1, -0.05) is 0 Å². The molecular formula is C14H28O3Sn. The van der Waals surface area contributed by atoms with Crippen LogP contribution >= 0.6 is 0 Å². The Hall–Kier alpha value is -0.0313. The number of ether oxygens (including phenoxy) is 1. The van der Waals surface area contributed by atoms with E-state index in [0.717, 1.165) is 0 Å². The van der Waals surface area contributed by atoms with Gasteiger partial charge in [-0.3, -0.25) is 0 Å². The summed E-state index contributed by atoms with van der Waals surface area (Å²) >= 11 is -2.41. The quantitative estimate of drug-likeness (QED) is 0.464. The van der Waals surface area contributed by atoms with Gasteiger partial charge >= 0.3 is 116 Å². The summed E-state index contributed by atoms with van der Waals surface area (Å²) in [4.78, 5) is 18.9. The zero-order valence-electron chi connectivity index (χ0n) is 13.0. The molecule has 0 aromatic carbocycles. The summed E-state index contributed by atoms with van der Waals surface area (Å²) in [6.07, 6.45) is 2.15. The molecule has 4 heteroatoms. The number of carbonyl (C=O) groups is 1. The zero-order valence-corrected chi connectivity index (χ0v) is 15.8. The molecule has 0 aromatic heterocycles. The van der Waals surface area contributed by atoms with Crippen LogP contribution in [0.3, 0.4) is 0 Å². The first-order valence-corrected chi connectivity index (χ1v) is 16.6. The number of carbonyl (C=O) groups excluding carboxylic acids is 1. The van der Waals surface area contributed by atoms with E-state index in [4.69, 9.17) is 4.74 Å². The summed E-state index contributed by atoms with van der Waals surface area (Å²) in [5.74, 6) is -0.787. The summed E-state index contributed by atoms with van der Waals surface area (Å²) in [5.41, 5.74) is 0.123. The minimum absolute atomic E-state index is 0.136. The van der Waals surface area contributed by atoms with E-state index in [9.17, 15) is 9.90 Å². The van der Waals surface area contributed by atoms with Crippen molar-refractivity contribution < 1.29 is 14.6 Å². The summed E-state index contributed by atoms with van der Waals surface area (Å²) in [5, 5.41) is 10.3. The van der Waals surface area contributed by atoms with Crippen molar-refractivity contribution >= 4 is 24.3 Å². The summed E-state index contributed by atoms with van der Waals surface area (Å²) in [6.45, 7) is 7.45. The summed E-state index contributed by atoms with van der Waals surface area (Å²) in [7, 11) is 1.39. The number of aliphatic hydroxyl groups is 1. The zero-order chi connectivity index (χ0) is 14.7. The predicted molar refractivity (Wildman–Crippen MR) is 78.3 cm³/mol. The first-order chi connectivity index (χ1) is 7.91. The molecule has 2 atom stereocenters. The van der Waals surface area contributed by atoms with Gasteiger partial charge in [0.15, 0.2) is 0 Å². The number of hydrogen-bond donors (Lipinski definition) is 1. The predicted octanol–water partition coefficient (Wildman–Crippen LogP) is 3.22. The summed E-state index contributed by atoms with van der Waals surface area (Å²) in [6, 6.07) is 0. The first kappa shape index (κ1) is 18.0. The molecule has 0 amide bonds. The first-order valence-electron chi connectivity index (χ1n) is 6.36. The molecule has 0 rings (SSSR count). The van der Waals surface area contributed by atoms with Crippen molar-refractivity contribution in [3.05, 3.63) is 11.6 Å². The fourth-order valence-corrected chi connectivity index (χ4v) is 8.99.